The second-order valence-corrected chi connectivity index (χ2v) is 5.29. The zero-order chi connectivity index (χ0) is 17.2. The van der Waals surface area contributed by atoms with Crippen molar-refractivity contribution in [2.45, 2.75) is 33.2 Å². The number of guanidine groups is 1. The van der Waals surface area contributed by atoms with E-state index in [1.807, 2.05) is 7.05 Å². The molecular weight excluding hydrogens is 421 g/mol. The van der Waals surface area contributed by atoms with Crippen LogP contribution in [0.5, 0.6) is 17.2 Å². The molecule has 24 heavy (non-hydrogen) atoms. The van der Waals surface area contributed by atoms with Crippen molar-refractivity contribution in [2.75, 3.05) is 34.4 Å². The SMILES string of the molecule is CCCCN(C)C(=NCc1cc(OC)c(O)c(OC)c1)NCC.I. The van der Waals surface area contributed by atoms with E-state index in [0.29, 0.717) is 18.0 Å². The fourth-order valence-electron chi connectivity index (χ4n) is 2.18. The number of phenols is 1. The summed E-state index contributed by atoms with van der Waals surface area (Å²) in [5, 5.41) is 13.2. The largest absolute Gasteiger partial charge is 0.502 e. The van der Waals surface area contributed by atoms with Crippen LogP contribution < -0.4 is 14.8 Å². The van der Waals surface area contributed by atoms with Crippen LogP contribution in [-0.4, -0.2) is 50.3 Å². The molecule has 0 heterocycles. The van der Waals surface area contributed by atoms with Gasteiger partial charge in [0.1, 0.15) is 0 Å². The number of hydrogen-bond acceptors (Lipinski definition) is 4. The molecule has 1 aromatic carbocycles. The molecule has 1 aromatic rings. The molecule has 0 aliphatic heterocycles. The standard InChI is InChI=1S/C17H29N3O3.HI/c1-6-8-9-20(3)17(18-7-2)19-12-13-10-14(22-4)16(21)15(11-13)23-5;/h10-11,21H,6-9,12H2,1-5H3,(H,18,19);1H. The highest BCUT2D eigenvalue weighted by atomic mass is 127. The molecule has 6 nitrogen and oxygen atoms in total. The van der Waals surface area contributed by atoms with E-state index in [-0.39, 0.29) is 29.7 Å². The highest BCUT2D eigenvalue weighted by Gasteiger charge is 2.11. The molecule has 0 radical (unpaired) electrons. The predicted octanol–water partition coefficient (Wildman–Crippen LogP) is 3.22. The molecule has 0 fully saturated rings. The molecule has 7 heteroatoms. The molecule has 0 aliphatic rings. The van der Waals surface area contributed by atoms with Gasteiger partial charge >= 0.3 is 0 Å². The maximum absolute atomic E-state index is 9.95. The van der Waals surface area contributed by atoms with E-state index in [9.17, 15) is 5.11 Å². The number of phenolic OH excluding ortho intramolecular Hbond substituents is 1. The van der Waals surface area contributed by atoms with Gasteiger partial charge < -0.3 is 24.8 Å². The first-order valence-corrected chi connectivity index (χ1v) is 8.00. The molecule has 0 bridgehead atoms. The maximum atomic E-state index is 9.95. The normalized spacial score (nSPS) is 10.8. The van der Waals surface area contributed by atoms with Gasteiger partial charge in [-0.15, -0.1) is 24.0 Å². The van der Waals surface area contributed by atoms with Crippen molar-refractivity contribution in [1.29, 1.82) is 0 Å². The van der Waals surface area contributed by atoms with Gasteiger partial charge in [-0.1, -0.05) is 13.3 Å². The number of ether oxygens (including phenoxy) is 2. The maximum Gasteiger partial charge on any atom is 0.200 e. The van der Waals surface area contributed by atoms with Gasteiger partial charge in [-0.05, 0) is 31.0 Å². The lowest BCUT2D eigenvalue weighted by Gasteiger charge is -2.21. The molecule has 0 saturated heterocycles. The molecule has 0 unspecified atom stereocenters. The van der Waals surface area contributed by atoms with Crippen LogP contribution in [0.15, 0.2) is 17.1 Å². The lowest BCUT2D eigenvalue weighted by Crippen LogP contribution is -2.39. The summed E-state index contributed by atoms with van der Waals surface area (Å²) < 4.78 is 10.4. The Bertz CT molecular complexity index is 499. The Kier molecular flexibility index (Phi) is 11.4. The van der Waals surface area contributed by atoms with Crippen LogP contribution in [0.25, 0.3) is 0 Å². The van der Waals surface area contributed by atoms with E-state index in [1.165, 1.54) is 14.2 Å². The number of nitrogens with one attached hydrogen (secondary N) is 1. The number of rotatable bonds is 8. The third kappa shape index (κ3) is 6.62. The van der Waals surface area contributed by atoms with Crippen LogP contribution in [0.3, 0.4) is 0 Å². The van der Waals surface area contributed by atoms with Gasteiger partial charge in [0, 0.05) is 20.1 Å². The highest BCUT2D eigenvalue weighted by Crippen LogP contribution is 2.37. The number of aliphatic imine (C=N–C) groups is 1. The Morgan fingerprint density at radius 1 is 1.21 bits per heavy atom. The average Bonchev–Trinajstić information content (AvgIpc) is 2.57. The quantitative estimate of drug-likeness (QED) is 0.361. The molecule has 0 aliphatic carbocycles. The van der Waals surface area contributed by atoms with Crippen molar-refractivity contribution in [3.8, 4) is 17.2 Å². The minimum absolute atomic E-state index is 0. The van der Waals surface area contributed by atoms with Gasteiger partial charge in [-0.25, -0.2) is 4.99 Å². The van der Waals surface area contributed by atoms with Crippen LogP contribution in [0.1, 0.15) is 32.3 Å². The zero-order valence-electron chi connectivity index (χ0n) is 15.3. The van der Waals surface area contributed by atoms with E-state index >= 15 is 0 Å². The molecule has 0 spiro atoms. The molecule has 138 valence electrons. The highest BCUT2D eigenvalue weighted by molar-refractivity contribution is 14.0. The average molecular weight is 451 g/mol. The molecule has 1 rings (SSSR count). The van der Waals surface area contributed by atoms with E-state index in [0.717, 1.165) is 37.5 Å². The van der Waals surface area contributed by atoms with Gasteiger partial charge in [-0.2, -0.15) is 0 Å². The van der Waals surface area contributed by atoms with Crippen molar-refractivity contribution < 1.29 is 14.6 Å². The monoisotopic (exact) mass is 451 g/mol. The Morgan fingerprint density at radius 2 is 1.79 bits per heavy atom. The van der Waals surface area contributed by atoms with E-state index < -0.39 is 0 Å². The van der Waals surface area contributed by atoms with Crippen molar-refractivity contribution in [3.63, 3.8) is 0 Å². The first-order chi connectivity index (χ1) is 11.1. The molecule has 0 atom stereocenters. The lowest BCUT2D eigenvalue weighted by atomic mass is 10.2. The van der Waals surface area contributed by atoms with Crippen LogP contribution in [-0.2, 0) is 6.54 Å². The van der Waals surface area contributed by atoms with Crippen molar-refractivity contribution in [3.05, 3.63) is 17.7 Å². The summed E-state index contributed by atoms with van der Waals surface area (Å²) in [5.74, 6) is 1.65. The molecule has 0 amide bonds. The van der Waals surface area contributed by atoms with Crippen molar-refractivity contribution >= 4 is 29.9 Å². The summed E-state index contributed by atoms with van der Waals surface area (Å²) in [6.07, 6.45) is 2.28. The first kappa shape index (κ1) is 22.6. The van der Waals surface area contributed by atoms with E-state index in [4.69, 9.17) is 9.47 Å². The fraction of sp³-hybridized carbons (Fsp3) is 0.588. The predicted molar refractivity (Wildman–Crippen MR) is 109 cm³/mol. The van der Waals surface area contributed by atoms with Gasteiger partial charge in [-0.3, -0.25) is 0 Å². The number of unbranched alkanes of at least 4 members (excludes halogenated alkanes) is 1. The second-order valence-electron chi connectivity index (χ2n) is 5.29. The molecule has 0 saturated carbocycles. The van der Waals surface area contributed by atoms with Crippen LogP contribution in [0, 0.1) is 0 Å². The van der Waals surface area contributed by atoms with Crippen molar-refractivity contribution in [1.82, 2.24) is 10.2 Å². The second kappa shape index (κ2) is 12.0. The number of halogens is 1. The number of hydrogen-bond donors (Lipinski definition) is 2. The summed E-state index contributed by atoms with van der Waals surface area (Å²) in [5.41, 5.74) is 0.913. The molecule has 0 aromatic heterocycles. The summed E-state index contributed by atoms with van der Waals surface area (Å²) in [6.45, 7) is 6.48. The van der Waals surface area contributed by atoms with Gasteiger partial charge in [0.15, 0.2) is 17.5 Å². The summed E-state index contributed by atoms with van der Waals surface area (Å²) in [7, 11) is 5.07. The smallest absolute Gasteiger partial charge is 0.200 e. The number of methoxy groups -OCH3 is 2. The Hall–Kier alpha value is -1.38. The molecule has 2 N–H and O–H groups in total. The van der Waals surface area contributed by atoms with Crippen LogP contribution in [0.4, 0.5) is 0 Å². The van der Waals surface area contributed by atoms with Gasteiger partial charge in [0.05, 0.1) is 20.8 Å². The Labute approximate surface area is 162 Å². The van der Waals surface area contributed by atoms with E-state index in [1.54, 1.807) is 12.1 Å². The number of nitrogens with zero attached hydrogens (tertiary/aromatic N) is 2. The fourth-order valence-corrected chi connectivity index (χ4v) is 2.18. The number of benzene rings is 1. The van der Waals surface area contributed by atoms with Crippen molar-refractivity contribution in [2.24, 2.45) is 4.99 Å². The topological polar surface area (TPSA) is 66.3 Å². The lowest BCUT2D eigenvalue weighted by molar-refractivity contribution is 0.339. The number of aromatic hydroxyl groups is 1. The third-order valence-electron chi connectivity index (χ3n) is 3.49. The Morgan fingerprint density at radius 3 is 2.25 bits per heavy atom. The van der Waals surface area contributed by atoms with Gasteiger partial charge in [0.2, 0.25) is 5.75 Å². The summed E-state index contributed by atoms with van der Waals surface area (Å²) >= 11 is 0. The van der Waals surface area contributed by atoms with E-state index in [2.05, 4.69) is 29.1 Å². The minimum Gasteiger partial charge on any atom is -0.502 e. The third-order valence-corrected chi connectivity index (χ3v) is 3.49. The molecular formula is C17H30IN3O3. The van der Waals surface area contributed by atoms with Crippen LogP contribution >= 0.6 is 24.0 Å². The van der Waals surface area contributed by atoms with Crippen LogP contribution in [0.2, 0.25) is 0 Å². The summed E-state index contributed by atoms with van der Waals surface area (Å²) in [4.78, 5) is 6.78. The summed E-state index contributed by atoms with van der Waals surface area (Å²) in [6, 6.07) is 3.55. The minimum atomic E-state index is 0. The van der Waals surface area contributed by atoms with Gasteiger partial charge in [0.25, 0.3) is 0 Å². The first-order valence-electron chi connectivity index (χ1n) is 8.00. The Balaban J connectivity index is 0.00000529. The zero-order valence-corrected chi connectivity index (χ0v) is 17.6.